The Kier molecular flexibility index (Phi) is 2.75. The van der Waals surface area contributed by atoms with E-state index in [1.807, 2.05) is 12.3 Å². The third-order valence-corrected chi connectivity index (χ3v) is 5.96. The van der Waals surface area contributed by atoms with Gasteiger partial charge in [0.2, 0.25) is 0 Å². The van der Waals surface area contributed by atoms with Gasteiger partial charge in [-0.2, -0.15) is 0 Å². The van der Waals surface area contributed by atoms with Gasteiger partial charge in [-0.05, 0) is 47.7 Å². The molecule has 0 unspecified atom stereocenters. The second-order valence-electron chi connectivity index (χ2n) is 5.00. The van der Waals surface area contributed by atoms with E-state index >= 15 is 0 Å². The highest BCUT2D eigenvalue weighted by Gasteiger charge is 2.48. The Morgan fingerprint density at radius 2 is 1.82 bits per heavy atom. The SMILES string of the molecule is Cc1scc(Br)c1C1C(=O)[C@H]2CC[C@@H](C2)C1=O. The predicted octanol–water partition coefficient (Wildman–Crippen LogP) is 3.47. The number of hydrogen-bond donors (Lipinski definition) is 0. The molecule has 2 atom stereocenters. The molecule has 2 saturated carbocycles. The van der Waals surface area contributed by atoms with Crippen molar-refractivity contribution in [1.29, 1.82) is 0 Å². The molecule has 90 valence electrons. The number of halogens is 1. The van der Waals surface area contributed by atoms with Gasteiger partial charge in [-0.25, -0.2) is 0 Å². The molecule has 2 aliphatic rings. The first-order valence-corrected chi connectivity index (χ1v) is 7.57. The lowest BCUT2D eigenvalue weighted by Gasteiger charge is -2.25. The van der Waals surface area contributed by atoms with Gasteiger partial charge in [0.15, 0.2) is 11.6 Å². The fourth-order valence-electron chi connectivity index (χ4n) is 3.17. The highest BCUT2D eigenvalue weighted by atomic mass is 79.9. The second kappa shape index (κ2) is 4.02. The number of carbonyl (C=O) groups is 2. The van der Waals surface area contributed by atoms with Crippen molar-refractivity contribution in [3.05, 3.63) is 20.3 Å². The van der Waals surface area contributed by atoms with E-state index in [9.17, 15) is 9.59 Å². The van der Waals surface area contributed by atoms with Gasteiger partial charge in [-0.1, -0.05) is 0 Å². The molecule has 2 fully saturated rings. The van der Waals surface area contributed by atoms with Gasteiger partial charge in [-0.3, -0.25) is 9.59 Å². The summed E-state index contributed by atoms with van der Waals surface area (Å²) < 4.78 is 0.924. The molecule has 1 aromatic heterocycles. The number of carbonyl (C=O) groups excluding carboxylic acids is 2. The van der Waals surface area contributed by atoms with E-state index in [4.69, 9.17) is 0 Å². The maximum atomic E-state index is 12.4. The second-order valence-corrected chi connectivity index (χ2v) is 6.94. The van der Waals surface area contributed by atoms with Crippen LogP contribution in [0, 0.1) is 18.8 Å². The Hall–Kier alpha value is -0.480. The fourth-order valence-corrected chi connectivity index (χ4v) is 4.87. The molecule has 0 N–H and O–H groups in total. The first-order valence-electron chi connectivity index (χ1n) is 5.90. The molecule has 17 heavy (non-hydrogen) atoms. The van der Waals surface area contributed by atoms with Gasteiger partial charge in [0.1, 0.15) is 5.92 Å². The molecule has 1 heterocycles. The molecule has 0 spiro atoms. The van der Waals surface area contributed by atoms with Crippen LogP contribution in [0.1, 0.15) is 35.6 Å². The third-order valence-electron chi connectivity index (χ3n) is 4.07. The van der Waals surface area contributed by atoms with E-state index in [0.29, 0.717) is 0 Å². The van der Waals surface area contributed by atoms with Crippen molar-refractivity contribution < 1.29 is 9.59 Å². The molecule has 0 amide bonds. The largest absolute Gasteiger partial charge is 0.298 e. The summed E-state index contributed by atoms with van der Waals surface area (Å²) in [7, 11) is 0. The minimum atomic E-state index is -0.484. The van der Waals surface area contributed by atoms with Crippen LogP contribution in [0.4, 0.5) is 0 Å². The first-order chi connectivity index (χ1) is 8.09. The van der Waals surface area contributed by atoms with Crippen LogP contribution in [-0.2, 0) is 9.59 Å². The number of ketones is 2. The Bertz CT molecular complexity index is 464. The zero-order chi connectivity index (χ0) is 12.2. The van der Waals surface area contributed by atoms with Gasteiger partial charge < -0.3 is 0 Å². The summed E-state index contributed by atoms with van der Waals surface area (Å²) in [5.74, 6) is 0.0987. The smallest absolute Gasteiger partial charge is 0.150 e. The maximum Gasteiger partial charge on any atom is 0.150 e. The molecule has 4 heteroatoms. The van der Waals surface area contributed by atoms with Crippen LogP contribution >= 0.6 is 27.3 Å². The van der Waals surface area contributed by atoms with Gasteiger partial charge in [0, 0.05) is 26.6 Å². The van der Waals surface area contributed by atoms with E-state index < -0.39 is 5.92 Å². The molecule has 2 nitrogen and oxygen atoms in total. The standard InChI is InChI=1S/C13H13BrO2S/c1-6-10(9(14)5-17-6)11-12(15)7-2-3-8(4-7)13(11)16/h5,7-8,11H,2-4H2,1H3/t7-,8-/m0/s1. The Morgan fingerprint density at radius 3 is 2.29 bits per heavy atom. The fraction of sp³-hybridized carbons (Fsp3) is 0.538. The summed E-state index contributed by atoms with van der Waals surface area (Å²) in [6.07, 6.45) is 2.62. The average Bonchev–Trinajstić information content (AvgIpc) is 2.87. The van der Waals surface area contributed by atoms with Crippen LogP contribution in [0.25, 0.3) is 0 Å². The molecule has 2 aliphatic carbocycles. The topological polar surface area (TPSA) is 34.1 Å². The van der Waals surface area contributed by atoms with Crippen LogP contribution in [0.2, 0.25) is 0 Å². The normalized spacial score (nSPS) is 32.2. The monoisotopic (exact) mass is 312 g/mol. The van der Waals surface area contributed by atoms with E-state index in [1.54, 1.807) is 11.3 Å². The van der Waals surface area contributed by atoms with Crippen LogP contribution in [-0.4, -0.2) is 11.6 Å². The predicted molar refractivity (Wildman–Crippen MR) is 70.3 cm³/mol. The number of thiophene rings is 1. The minimum Gasteiger partial charge on any atom is -0.298 e. The molecule has 0 aromatic carbocycles. The summed E-state index contributed by atoms with van der Waals surface area (Å²) in [5.41, 5.74) is 0.932. The van der Waals surface area contributed by atoms with Gasteiger partial charge in [0.25, 0.3) is 0 Å². The Balaban J connectivity index is 2.08. The lowest BCUT2D eigenvalue weighted by Crippen LogP contribution is -2.35. The highest BCUT2D eigenvalue weighted by molar-refractivity contribution is 9.10. The zero-order valence-electron chi connectivity index (χ0n) is 9.53. The number of Topliss-reactive ketones (excluding diaryl/α,β-unsaturated/α-hetero) is 2. The Labute approximate surface area is 113 Å². The van der Waals surface area contributed by atoms with Crippen molar-refractivity contribution in [3.8, 4) is 0 Å². The number of hydrogen-bond acceptors (Lipinski definition) is 3. The summed E-state index contributed by atoms with van der Waals surface area (Å²) >= 11 is 5.07. The highest BCUT2D eigenvalue weighted by Crippen LogP contribution is 2.46. The minimum absolute atomic E-state index is 0.133. The summed E-state index contributed by atoms with van der Waals surface area (Å²) in [6.45, 7) is 1.99. The molecule has 1 aromatic rings. The van der Waals surface area contributed by atoms with Crippen molar-refractivity contribution in [3.63, 3.8) is 0 Å². The number of aryl methyl sites for hydroxylation is 1. The molecule has 0 aliphatic heterocycles. The van der Waals surface area contributed by atoms with Crippen molar-refractivity contribution >= 4 is 38.8 Å². The van der Waals surface area contributed by atoms with E-state index in [-0.39, 0.29) is 23.4 Å². The van der Waals surface area contributed by atoms with Crippen LogP contribution in [0.5, 0.6) is 0 Å². The molecular formula is C13H13BrO2S. The lowest BCUT2D eigenvalue weighted by molar-refractivity contribution is -0.135. The maximum absolute atomic E-state index is 12.4. The van der Waals surface area contributed by atoms with E-state index in [0.717, 1.165) is 34.2 Å². The average molecular weight is 313 g/mol. The third kappa shape index (κ3) is 1.65. The van der Waals surface area contributed by atoms with Crippen molar-refractivity contribution in [1.82, 2.24) is 0 Å². The number of rotatable bonds is 1. The van der Waals surface area contributed by atoms with E-state index in [1.165, 1.54) is 0 Å². The molecular weight excluding hydrogens is 300 g/mol. The van der Waals surface area contributed by atoms with Crippen molar-refractivity contribution in [2.24, 2.45) is 11.8 Å². The number of fused-ring (bicyclic) bond motifs is 2. The van der Waals surface area contributed by atoms with Gasteiger partial charge in [-0.15, -0.1) is 11.3 Å². The Morgan fingerprint density at radius 1 is 1.24 bits per heavy atom. The van der Waals surface area contributed by atoms with Crippen LogP contribution in [0.15, 0.2) is 9.85 Å². The van der Waals surface area contributed by atoms with E-state index in [2.05, 4.69) is 15.9 Å². The molecule has 0 saturated heterocycles. The summed E-state index contributed by atoms with van der Waals surface area (Å²) in [6, 6.07) is 0. The van der Waals surface area contributed by atoms with Crippen LogP contribution < -0.4 is 0 Å². The molecule has 3 rings (SSSR count). The van der Waals surface area contributed by atoms with Gasteiger partial charge >= 0.3 is 0 Å². The molecule has 2 bridgehead atoms. The van der Waals surface area contributed by atoms with Gasteiger partial charge in [0.05, 0.1) is 0 Å². The zero-order valence-corrected chi connectivity index (χ0v) is 11.9. The van der Waals surface area contributed by atoms with Crippen molar-refractivity contribution in [2.45, 2.75) is 32.1 Å². The lowest BCUT2D eigenvalue weighted by atomic mass is 9.75. The molecule has 0 radical (unpaired) electrons. The van der Waals surface area contributed by atoms with Crippen molar-refractivity contribution in [2.75, 3.05) is 0 Å². The quantitative estimate of drug-likeness (QED) is 0.744. The van der Waals surface area contributed by atoms with Crippen LogP contribution in [0.3, 0.4) is 0 Å². The summed E-state index contributed by atoms with van der Waals surface area (Å²) in [4.78, 5) is 25.8. The summed E-state index contributed by atoms with van der Waals surface area (Å²) in [5, 5.41) is 1.97. The first kappa shape index (κ1) is 11.6.